The molecule has 3 aromatic rings. The zero-order valence-electron chi connectivity index (χ0n) is 17.5. The van der Waals surface area contributed by atoms with Gasteiger partial charge >= 0.3 is 5.69 Å². The fraction of sp³-hybridized carbons (Fsp3) is 0.522. The highest BCUT2D eigenvalue weighted by molar-refractivity contribution is 5.97. The van der Waals surface area contributed by atoms with E-state index in [0.29, 0.717) is 18.0 Å². The van der Waals surface area contributed by atoms with Gasteiger partial charge in [0.1, 0.15) is 0 Å². The SMILES string of the molecule is CN(Cc1ccn[nH]1)C(=O)c1ccc2c(c1)n(CC1CC1)c(=O)n2C1CCCCC1. The lowest BCUT2D eigenvalue weighted by Gasteiger charge is -2.23. The van der Waals surface area contributed by atoms with Crippen molar-refractivity contribution in [1.29, 1.82) is 0 Å². The first-order valence-corrected chi connectivity index (χ1v) is 11.1. The Morgan fingerprint density at radius 2 is 1.93 bits per heavy atom. The summed E-state index contributed by atoms with van der Waals surface area (Å²) in [4.78, 5) is 28.1. The van der Waals surface area contributed by atoms with E-state index in [1.54, 1.807) is 18.1 Å². The molecule has 30 heavy (non-hydrogen) atoms. The summed E-state index contributed by atoms with van der Waals surface area (Å²) in [5, 5.41) is 6.84. The number of aromatic nitrogens is 4. The molecule has 2 aromatic heterocycles. The van der Waals surface area contributed by atoms with Gasteiger partial charge in [0.25, 0.3) is 5.91 Å². The number of fused-ring (bicyclic) bond motifs is 1. The summed E-state index contributed by atoms with van der Waals surface area (Å²) in [6.45, 7) is 1.23. The van der Waals surface area contributed by atoms with E-state index in [-0.39, 0.29) is 17.6 Å². The van der Waals surface area contributed by atoms with Crippen LogP contribution in [0, 0.1) is 5.92 Å². The zero-order chi connectivity index (χ0) is 20.7. The molecule has 0 spiro atoms. The Bertz CT molecular complexity index is 1100. The van der Waals surface area contributed by atoms with Gasteiger partial charge in [0.15, 0.2) is 0 Å². The maximum Gasteiger partial charge on any atom is 0.329 e. The Morgan fingerprint density at radius 3 is 2.63 bits per heavy atom. The maximum atomic E-state index is 13.4. The molecule has 2 fully saturated rings. The second kappa shape index (κ2) is 7.78. The van der Waals surface area contributed by atoms with Crippen molar-refractivity contribution in [2.24, 2.45) is 5.92 Å². The van der Waals surface area contributed by atoms with Gasteiger partial charge in [-0.15, -0.1) is 0 Å². The molecular weight excluding hydrogens is 378 g/mol. The van der Waals surface area contributed by atoms with E-state index in [9.17, 15) is 9.59 Å². The quantitative estimate of drug-likeness (QED) is 0.677. The molecule has 0 atom stereocenters. The normalized spacial score (nSPS) is 17.5. The van der Waals surface area contributed by atoms with Gasteiger partial charge in [-0.3, -0.25) is 19.0 Å². The van der Waals surface area contributed by atoms with E-state index in [2.05, 4.69) is 10.2 Å². The smallest absolute Gasteiger partial charge is 0.329 e. The lowest BCUT2D eigenvalue weighted by atomic mass is 9.95. The van der Waals surface area contributed by atoms with E-state index in [4.69, 9.17) is 0 Å². The topological polar surface area (TPSA) is 75.9 Å². The van der Waals surface area contributed by atoms with Crippen LogP contribution in [0.4, 0.5) is 0 Å². The van der Waals surface area contributed by atoms with Gasteiger partial charge in [0.2, 0.25) is 0 Å². The molecule has 7 heteroatoms. The van der Waals surface area contributed by atoms with Gasteiger partial charge in [-0.05, 0) is 55.9 Å². The molecule has 0 saturated heterocycles. The summed E-state index contributed by atoms with van der Waals surface area (Å²) in [5.74, 6) is 0.540. The third-order valence-electron chi connectivity index (χ3n) is 6.60. The number of amides is 1. The van der Waals surface area contributed by atoms with Crippen molar-refractivity contribution in [1.82, 2.24) is 24.2 Å². The van der Waals surface area contributed by atoms with Crippen LogP contribution in [0.25, 0.3) is 11.0 Å². The number of H-pyrrole nitrogens is 1. The highest BCUT2D eigenvalue weighted by atomic mass is 16.2. The van der Waals surface area contributed by atoms with Gasteiger partial charge in [0.05, 0.1) is 23.3 Å². The molecule has 2 heterocycles. The molecule has 0 radical (unpaired) electrons. The third kappa shape index (κ3) is 3.57. The number of carbonyl (C=O) groups excluding carboxylic acids is 1. The number of rotatable bonds is 6. The second-order valence-corrected chi connectivity index (χ2v) is 8.94. The molecule has 5 rings (SSSR count). The van der Waals surface area contributed by atoms with Crippen LogP contribution < -0.4 is 5.69 Å². The third-order valence-corrected chi connectivity index (χ3v) is 6.60. The number of imidazole rings is 1. The van der Waals surface area contributed by atoms with Crippen LogP contribution in [0.1, 0.15) is 67.0 Å². The number of nitrogens with zero attached hydrogens (tertiary/aromatic N) is 4. The Labute approximate surface area is 175 Å². The number of hydrogen-bond donors (Lipinski definition) is 1. The summed E-state index contributed by atoms with van der Waals surface area (Å²) in [6.07, 6.45) is 9.81. The van der Waals surface area contributed by atoms with Crippen molar-refractivity contribution in [2.75, 3.05) is 7.05 Å². The van der Waals surface area contributed by atoms with E-state index in [0.717, 1.165) is 36.1 Å². The maximum absolute atomic E-state index is 13.4. The fourth-order valence-corrected chi connectivity index (χ4v) is 4.76. The Balaban J connectivity index is 1.52. The van der Waals surface area contributed by atoms with Gasteiger partial charge in [-0.1, -0.05) is 19.3 Å². The molecule has 1 aromatic carbocycles. The van der Waals surface area contributed by atoms with Gasteiger partial charge in [-0.2, -0.15) is 5.10 Å². The summed E-state index contributed by atoms with van der Waals surface area (Å²) in [6, 6.07) is 7.91. The molecule has 0 bridgehead atoms. The Hall–Kier alpha value is -2.83. The first-order valence-electron chi connectivity index (χ1n) is 11.1. The highest BCUT2D eigenvalue weighted by Crippen LogP contribution is 2.34. The minimum absolute atomic E-state index is 0.0534. The van der Waals surface area contributed by atoms with Crippen LogP contribution in [0.5, 0.6) is 0 Å². The van der Waals surface area contributed by atoms with Crippen molar-refractivity contribution >= 4 is 16.9 Å². The molecule has 0 unspecified atom stereocenters. The van der Waals surface area contributed by atoms with Crippen molar-refractivity contribution in [3.05, 3.63) is 52.2 Å². The van der Waals surface area contributed by atoms with Crippen LogP contribution in [-0.2, 0) is 13.1 Å². The van der Waals surface area contributed by atoms with E-state index >= 15 is 0 Å². The van der Waals surface area contributed by atoms with Crippen LogP contribution in [0.2, 0.25) is 0 Å². The number of carbonyl (C=O) groups is 1. The molecule has 1 amide bonds. The monoisotopic (exact) mass is 407 g/mol. The molecule has 2 aliphatic rings. The number of nitrogens with one attached hydrogen (secondary N) is 1. The average Bonchev–Trinajstić information content (AvgIpc) is 3.37. The number of aromatic amines is 1. The van der Waals surface area contributed by atoms with E-state index in [1.165, 1.54) is 32.1 Å². The van der Waals surface area contributed by atoms with Crippen molar-refractivity contribution < 1.29 is 4.79 Å². The van der Waals surface area contributed by atoms with Crippen molar-refractivity contribution in [3.8, 4) is 0 Å². The first-order chi connectivity index (χ1) is 14.6. The molecule has 158 valence electrons. The summed E-state index contributed by atoms with van der Waals surface area (Å²) in [5.41, 5.74) is 3.48. The van der Waals surface area contributed by atoms with Gasteiger partial charge < -0.3 is 4.90 Å². The van der Waals surface area contributed by atoms with Crippen LogP contribution in [0.3, 0.4) is 0 Å². The standard InChI is InChI=1S/C23H29N5O2/c1-26(15-18-11-12-24-25-18)22(29)17-9-10-20-21(13-17)27(14-16-7-8-16)23(30)28(20)19-5-3-2-4-6-19/h9-13,16,19H,2-8,14-15H2,1H3,(H,24,25). The van der Waals surface area contributed by atoms with Crippen molar-refractivity contribution in [2.45, 2.75) is 64.1 Å². The number of benzene rings is 1. The van der Waals surface area contributed by atoms with E-state index < -0.39 is 0 Å². The van der Waals surface area contributed by atoms with Crippen LogP contribution in [0.15, 0.2) is 35.3 Å². The van der Waals surface area contributed by atoms with Crippen molar-refractivity contribution in [3.63, 3.8) is 0 Å². The molecule has 1 N–H and O–H groups in total. The van der Waals surface area contributed by atoms with Gasteiger partial charge in [0, 0.05) is 31.4 Å². The molecule has 0 aliphatic heterocycles. The highest BCUT2D eigenvalue weighted by Gasteiger charge is 2.28. The minimum Gasteiger partial charge on any atom is -0.336 e. The molecular formula is C23H29N5O2. The second-order valence-electron chi connectivity index (χ2n) is 8.94. The zero-order valence-corrected chi connectivity index (χ0v) is 17.5. The van der Waals surface area contributed by atoms with E-state index in [1.807, 2.05) is 33.4 Å². The van der Waals surface area contributed by atoms with Crippen LogP contribution >= 0.6 is 0 Å². The van der Waals surface area contributed by atoms with Gasteiger partial charge in [-0.25, -0.2) is 4.79 Å². The number of hydrogen-bond acceptors (Lipinski definition) is 3. The molecule has 2 saturated carbocycles. The largest absolute Gasteiger partial charge is 0.336 e. The lowest BCUT2D eigenvalue weighted by molar-refractivity contribution is 0.0783. The average molecular weight is 408 g/mol. The minimum atomic E-state index is -0.0534. The predicted molar refractivity (Wildman–Crippen MR) is 115 cm³/mol. The first kappa shape index (κ1) is 19.2. The summed E-state index contributed by atoms with van der Waals surface area (Å²) in [7, 11) is 1.79. The molecule has 2 aliphatic carbocycles. The lowest BCUT2D eigenvalue weighted by Crippen LogP contribution is -2.29. The molecule has 7 nitrogen and oxygen atoms in total. The Morgan fingerprint density at radius 1 is 1.13 bits per heavy atom. The van der Waals surface area contributed by atoms with Crippen LogP contribution in [-0.4, -0.2) is 37.2 Å². The fourth-order valence-electron chi connectivity index (χ4n) is 4.76. The summed E-state index contributed by atoms with van der Waals surface area (Å²) >= 11 is 0. The predicted octanol–water partition coefficient (Wildman–Crippen LogP) is 3.71. The Kier molecular flexibility index (Phi) is 4.97. The summed E-state index contributed by atoms with van der Waals surface area (Å²) < 4.78 is 3.94.